The standard InChI is InChI=1S/C22H23N5O4S/c1-14-5-3-6-16(23-14)20(30)21-19(17-7-4-12-31-17)25-22(32-21)24-18(29)13-26-8-10-27(11-9-26)15(2)28/h3-7,12H,8-11,13H2,1-2H3,(H,24,25,29). The molecule has 0 saturated carbocycles. The molecule has 3 aromatic rings. The van der Waals surface area contributed by atoms with Crippen LogP contribution in [0.15, 0.2) is 41.0 Å². The number of rotatable bonds is 6. The lowest BCUT2D eigenvalue weighted by atomic mass is 10.1. The summed E-state index contributed by atoms with van der Waals surface area (Å²) in [6, 6.07) is 8.68. The molecule has 9 nitrogen and oxygen atoms in total. The number of aromatic nitrogens is 2. The van der Waals surface area contributed by atoms with Gasteiger partial charge in [-0.05, 0) is 31.2 Å². The van der Waals surface area contributed by atoms with Crippen LogP contribution in [0.1, 0.15) is 28.0 Å². The molecule has 2 amide bonds. The van der Waals surface area contributed by atoms with Crippen LogP contribution < -0.4 is 5.32 Å². The number of nitrogens with zero attached hydrogens (tertiary/aromatic N) is 4. The number of carbonyl (C=O) groups excluding carboxylic acids is 3. The van der Waals surface area contributed by atoms with E-state index >= 15 is 0 Å². The Labute approximate surface area is 189 Å². The maximum atomic E-state index is 13.1. The lowest BCUT2D eigenvalue weighted by Gasteiger charge is -2.33. The smallest absolute Gasteiger partial charge is 0.240 e. The second kappa shape index (κ2) is 9.41. The quantitative estimate of drug-likeness (QED) is 0.571. The van der Waals surface area contributed by atoms with Crippen LogP contribution in [0, 0.1) is 6.92 Å². The van der Waals surface area contributed by atoms with E-state index in [1.807, 2.05) is 17.9 Å². The third kappa shape index (κ3) is 4.92. The fourth-order valence-corrected chi connectivity index (χ4v) is 4.41. The number of pyridine rings is 1. The minimum absolute atomic E-state index is 0.0441. The van der Waals surface area contributed by atoms with Crippen molar-refractivity contribution in [2.45, 2.75) is 13.8 Å². The molecule has 1 fully saturated rings. The van der Waals surface area contributed by atoms with E-state index in [2.05, 4.69) is 15.3 Å². The number of aryl methyl sites for hydroxylation is 1. The minimum Gasteiger partial charge on any atom is -0.463 e. The maximum Gasteiger partial charge on any atom is 0.240 e. The molecule has 10 heteroatoms. The SMILES string of the molecule is CC(=O)N1CCN(CC(=O)Nc2nc(-c3ccco3)c(C(=O)c3cccc(C)n3)s2)CC1. The van der Waals surface area contributed by atoms with Gasteiger partial charge in [0.05, 0.1) is 12.8 Å². The summed E-state index contributed by atoms with van der Waals surface area (Å²) in [4.78, 5) is 50.1. The third-order valence-corrected chi connectivity index (χ3v) is 6.11. The van der Waals surface area contributed by atoms with Gasteiger partial charge in [-0.2, -0.15) is 0 Å². The second-order valence-electron chi connectivity index (χ2n) is 7.50. The molecule has 1 saturated heterocycles. The fourth-order valence-electron chi connectivity index (χ4n) is 3.48. The van der Waals surface area contributed by atoms with E-state index in [0.29, 0.717) is 53.3 Å². The van der Waals surface area contributed by atoms with Crippen molar-refractivity contribution in [3.05, 3.63) is 52.9 Å². The van der Waals surface area contributed by atoms with Gasteiger partial charge in [0.25, 0.3) is 0 Å². The Morgan fingerprint density at radius 3 is 2.53 bits per heavy atom. The molecule has 0 unspecified atom stereocenters. The van der Waals surface area contributed by atoms with Crippen molar-refractivity contribution >= 4 is 34.1 Å². The van der Waals surface area contributed by atoms with E-state index in [9.17, 15) is 14.4 Å². The van der Waals surface area contributed by atoms with Crippen LogP contribution in [0.5, 0.6) is 0 Å². The first-order chi connectivity index (χ1) is 15.4. The molecule has 0 aromatic carbocycles. The first kappa shape index (κ1) is 21.8. The first-order valence-electron chi connectivity index (χ1n) is 10.2. The summed E-state index contributed by atoms with van der Waals surface area (Å²) in [5.41, 5.74) is 1.42. The van der Waals surface area contributed by atoms with Crippen LogP contribution >= 0.6 is 11.3 Å². The second-order valence-corrected chi connectivity index (χ2v) is 8.50. The van der Waals surface area contributed by atoms with Gasteiger partial charge in [-0.15, -0.1) is 0 Å². The summed E-state index contributed by atoms with van der Waals surface area (Å²) < 4.78 is 5.46. The fraction of sp³-hybridized carbons (Fsp3) is 0.318. The van der Waals surface area contributed by atoms with E-state index in [1.165, 1.54) is 6.26 Å². The molecule has 166 valence electrons. The normalized spacial score (nSPS) is 14.4. The molecule has 0 aliphatic carbocycles. The van der Waals surface area contributed by atoms with Gasteiger partial charge >= 0.3 is 0 Å². The topological polar surface area (TPSA) is 109 Å². The van der Waals surface area contributed by atoms with Gasteiger partial charge in [-0.25, -0.2) is 9.97 Å². The molecule has 0 atom stereocenters. The molecule has 1 aliphatic rings. The highest BCUT2D eigenvalue weighted by Crippen LogP contribution is 2.33. The summed E-state index contributed by atoms with van der Waals surface area (Å²) >= 11 is 1.10. The number of hydrogen-bond acceptors (Lipinski definition) is 8. The number of piperazine rings is 1. The third-order valence-electron chi connectivity index (χ3n) is 5.14. The average Bonchev–Trinajstić information content (AvgIpc) is 3.43. The number of anilines is 1. The van der Waals surface area contributed by atoms with E-state index in [1.54, 1.807) is 36.1 Å². The molecular weight excluding hydrogens is 430 g/mol. The van der Waals surface area contributed by atoms with Crippen molar-refractivity contribution in [2.24, 2.45) is 0 Å². The number of amides is 2. The van der Waals surface area contributed by atoms with Gasteiger partial charge in [0.2, 0.25) is 17.6 Å². The van der Waals surface area contributed by atoms with Gasteiger partial charge in [-0.3, -0.25) is 19.3 Å². The Morgan fingerprint density at radius 2 is 1.88 bits per heavy atom. The molecule has 0 radical (unpaired) electrons. The van der Waals surface area contributed by atoms with E-state index in [-0.39, 0.29) is 24.1 Å². The van der Waals surface area contributed by atoms with Crippen LogP contribution in [0.3, 0.4) is 0 Å². The molecule has 32 heavy (non-hydrogen) atoms. The predicted octanol–water partition coefficient (Wildman–Crippen LogP) is 2.44. The Hall–Kier alpha value is -3.37. The largest absolute Gasteiger partial charge is 0.463 e. The number of nitrogens with one attached hydrogen (secondary N) is 1. The molecular formula is C22H23N5O4S. The summed E-state index contributed by atoms with van der Waals surface area (Å²) in [6.07, 6.45) is 1.51. The van der Waals surface area contributed by atoms with E-state index < -0.39 is 0 Å². The molecule has 0 bridgehead atoms. The molecule has 4 heterocycles. The lowest BCUT2D eigenvalue weighted by Crippen LogP contribution is -2.49. The van der Waals surface area contributed by atoms with Crippen LogP contribution in [-0.2, 0) is 9.59 Å². The van der Waals surface area contributed by atoms with Crippen molar-refractivity contribution in [3.63, 3.8) is 0 Å². The monoisotopic (exact) mass is 453 g/mol. The van der Waals surface area contributed by atoms with Gasteiger partial charge in [-0.1, -0.05) is 17.4 Å². The summed E-state index contributed by atoms with van der Waals surface area (Å²) in [7, 11) is 0. The van der Waals surface area contributed by atoms with Crippen LogP contribution in [0.25, 0.3) is 11.5 Å². The molecule has 0 spiro atoms. The predicted molar refractivity (Wildman–Crippen MR) is 120 cm³/mol. The highest BCUT2D eigenvalue weighted by molar-refractivity contribution is 7.18. The number of thiazole rings is 1. The van der Waals surface area contributed by atoms with E-state index in [4.69, 9.17) is 4.42 Å². The molecule has 1 N–H and O–H groups in total. The van der Waals surface area contributed by atoms with Crippen molar-refractivity contribution in [1.82, 2.24) is 19.8 Å². The molecule has 4 rings (SSSR count). The van der Waals surface area contributed by atoms with Gasteiger partial charge in [0.15, 0.2) is 10.9 Å². The Morgan fingerprint density at radius 1 is 1.09 bits per heavy atom. The van der Waals surface area contributed by atoms with Crippen LogP contribution in [0.4, 0.5) is 5.13 Å². The number of carbonyl (C=O) groups is 3. The van der Waals surface area contributed by atoms with E-state index in [0.717, 1.165) is 17.0 Å². The molecule has 3 aromatic heterocycles. The lowest BCUT2D eigenvalue weighted by molar-refractivity contribution is -0.130. The van der Waals surface area contributed by atoms with Crippen LogP contribution in [0.2, 0.25) is 0 Å². The molecule has 1 aliphatic heterocycles. The number of furan rings is 1. The Kier molecular flexibility index (Phi) is 6.42. The zero-order chi connectivity index (χ0) is 22.7. The van der Waals surface area contributed by atoms with Gasteiger partial charge in [0, 0.05) is 38.8 Å². The first-order valence-corrected chi connectivity index (χ1v) is 11.0. The van der Waals surface area contributed by atoms with Crippen molar-refractivity contribution in [3.8, 4) is 11.5 Å². The summed E-state index contributed by atoms with van der Waals surface area (Å²) in [6.45, 7) is 6.02. The minimum atomic E-state index is -0.279. The summed E-state index contributed by atoms with van der Waals surface area (Å²) in [5, 5.41) is 3.11. The zero-order valence-electron chi connectivity index (χ0n) is 17.8. The average molecular weight is 454 g/mol. The van der Waals surface area contributed by atoms with Gasteiger partial charge < -0.3 is 14.6 Å². The zero-order valence-corrected chi connectivity index (χ0v) is 18.6. The van der Waals surface area contributed by atoms with Crippen LogP contribution in [-0.4, -0.2) is 70.1 Å². The number of hydrogen-bond donors (Lipinski definition) is 1. The van der Waals surface area contributed by atoms with Gasteiger partial charge in [0.1, 0.15) is 16.3 Å². The summed E-state index contributed by atoms with van der Waals surface area (Å²) in [5.74, 6) is -0.0205. The Balaban J connectivity index is 1.50. The highest BCUT2D eigenvalue weighted by Gasteiger charge is 2.25. The van der Waals surface area contributed by atoms with Crippen molar-refractivity contribution in [1.29, 1.82) is 0 Å². The highest BCUT2D eigenvalue weighted by atomic mass is 32.1. The number of ketones is 1. The van der Waals surface area contributed by atoms with Crippen molar-refractivity contribution < 1.29 is 18.8 Å². The Bertz CT molecular complexity index is 1130. The van der Waals surface area contributed by atoms with Crippen molar-refractivity contribution in [2.75, 3.05) is 38.0 Å². The maximum absolute atomic E-state index is 13.1.